The lowest BCUT2D eigenvalue weighted by Crippen LogP contribution is -1.98. The fraction of sp³-hybridized carbons (Fsp3) is 0.375. The van der Waals surface area contributed by atoms with Gasteiger partial charge in [0.05, 0.1) is 4.92 Å². The molecule has 13 heavy (non-hydrogen) atoms. The third-order valence-electron chi connectivity index (χ3n) is 1.60. The fourth-order valence-electron chi connectivity index (χ4n) is 1.04. The first-order chi connectivity index (χ1) is 6.15. The minimum absolute atomic E-state index is 0.0937. The van der Waals surface area contributed by atoms with Crippen molar-refractivity contribution in [2.24, 2.45) is 0 Å². The van der Waals surface area contributed by atoms with Crippen LogP contribution < -0.4 is 0 Å². The zero-order chi connectivity index (χ0) is 9.84. The Kier molecular flexibility index (Phi) is 3.36. The highest BCUT2D eigenvalue weighted by Gasteiger charge is 2.14. The number of aryl methyl sites for hydroxylation is 1. The summed E-state index contributed by atoms with van der Waals surface area (Å²) in [5.74, 6) is 0. The predicted molar refractivity (Wildman–Crippen MR) is 52.6 cm³/mol. The second-order valence-corrected chi connectivity index (χ2v) is 3.54. The lowest BCUT2D eigenvalue weighted by molar-refractivity contribution is -0.386. The molecule has 1 aromatic rings. The van der Waals surface area contributed by atoms with Gasteiger partial charge in [0, 0.05) is 16.7 Å². The molecule has 0 radical (unpaired) electrons. The van der Waals surface area contributed by atoms with Gasteiger partial charge in [0.15, 0.2) is 0 Å². The van der Waals surface area contributed by atoms with E-state index in [1.165, 1.54) is 6.07 Å². The highest BCUT2D eigenvalue weighted by Crippen LogP contribution is 2.21. The molecule has 0 saturated heterocycles. The lowest BCUT2D eigenvalue weighted by atomic mass is 10.2. The van der Waals surface area contributed by atoms with Gasteiger partial charge in [-0.2, -0.15) is 0 Å². The highest BCUT2D eigenvalue weighted by atomic mass is 79.9. The summed E-state index contributed by atoms with van der Waals surface area (Å²) in [6, 6.07) is 1.48. The Morgan fingerprint density at radius 3 is 2.92 bits per heavy atom. The van der Waals surface area contributed by atoms with Gasteiger partial charge in [0.25, 0.3) is 5.69 Å². The first-order valence-corrected chi connectivity index (χ1v) is 4.73. The standard InChI is InChI=1S/C8H9BrN2O2/c1-2-3-7-8(11(12)13)4-6(9)5-10-7/h4-5H,2-3H2,1H3. The summed E-state index contributed by atoms with van der Waals surface area (Å²) in [4.78, 5) is 14.2. The van der Waals surface area contributed by atoms with Crippen LogP contribution >= 0.6 is 15.9 Å². The van der Waals surface area contributed by atoms with Crippen LogP contribution in [0.3, 0.4) is 0 Å². The summed E-state index contributed by atoms with van der Waals surface area (Å²) >= 11 is 3.15. The highest BCUT2D eigenvalue weighted by molar-refractivity contribution is 9.10. The van der Waals surface area contributed by atoms with E-state index in [4.69, 9.17) is 0 Å². The second-order valence-electron chi connectivity index (χ2n) is 2.63. The zero-order valence-electron chi connectivity index (χ0n) is 7.16. The molecule has 1 aromatic heterocycles. The Labute approximate surface area is 84.3 Å². The number of nitro groups is 1. The van der Waals surface area contributed by atoms with E-state index in [9.17, 15) is 10.1 Å². The van der Waals surface area contributed by atoms with Gasteiger partial charge < -0.3 is 0 Å². The summed E-state index contributed by atoms with van der Waals surface area (Å²) in [6.45, 7) is 1.97. The van der Waals surface area contributed by atoms with Crippen LogP contribution in [0, 0.1) is 10.1 Å². The molecule has 0 N–H and O–H groups in total. The van der Waals surface area contributed by atoms with E-state index >= 15 is 0 Å². The number of rotatable bonds is 3. The zero-order valence-corrected chi connectivity index (χ0v) is 8.74. The molecule has 70 valence electrons. The van der Waals surface area contributed by atoms with Crippen molar-refractivity contribution in [3.63, 3.8) is 0 Å². The summed E-state index contributed by atoms with van der Waals surface area (Å²) in [5.41, 5.74) is 0.645. The van der Waals surface area contributed by atoms with Crippen LogP contribution in [0.5, 0.6) is 0 Å². The van der Waals surface area contributed by atoms with Gasteiger partial charge in [0.1, 0.15) is 5.69 Å². The predicted octanol–water partition coefficient (Wildman–Crippen LogP) is 2.70. The van der Waals surface area contributed by atoms with Crippen molar-refractivity contribution in [1.29, 1.82) is 0 Å². The monoisotopic (exact) mass is 244 g/mol. The van der Waals surface area contributed by atoms with Crippen LogP contribution in [0.2, 0.25) is 0 Å². The quantitative estimate of drug-likeness (QED) is 0.607. The van der Waals surface area contributed by atoms with Gasteiger partial charge in [0.2, 0.25) is 0 Å². The number of pyridine rings is 1. The first-order valence-electron chi connectivity index (χ1n) is 3.94. The van der Waals surface area contributed by atoms with Crippen molar-refractivity contribution >= 4 is 21.6 Å². The van der Waals surface area contributed by atoms with E-state index < -0.39 is 4.92 Å². The molecule has 0 aliphatic carbocycles. The molecule has 0 aromatic carbocycles. The van der Waals surface area contributed by atoms with Crippen molar-refractivity contribution < 1.29 is 4.92 Å². The van der Waals surface area contributed by atoms with Gasteiger partial charge in [-0.15, -0.1) is 0 Å². The minimum Gasteiger partial charge on any atom is -0.258 e. The first kappa shape index (κ1) is 10.1. The van der Waals surface area contributed by atoms with Crippen LogP contribution in [0.4, 0.5) is 5.69 Å². The molecule has 4 nitrogen and oxygen atoms in total. The van der Waals surface area contributed by atoms with Crippen molar-refractivity contribution in [1.82, 2.24) is 4.98 Å². The maximum absolute atomic E-state index is 10.6. The molecule has 0 aliphatic rings. The maximum Gasteiger partial charge on any atom is 0.291 e. The minimum atomic E-state index is -0.400. The van der Waals surface area contributed by atoms with E-state index in [-0.39, 0.29) is 5.69 Å². The molecule has 0 saturated carbocycles. The molecular formula is C8H9BrN2O2. The maximum atomic E-state index is 10.6. The third kappa shape index (κ3) is 2.48. The third-order valence-corrected chi connectivity index (χ3v) is 2.03. The van der Waals surface area contributed by atoms with Crippen LogP contribution in [0.1, 0.15) is 19.0 Å². The fourth-order valence-corrected chi connectivity index (χ4v) is 1.36. The molecule has 0 amide bonds. The van der Waals surface area contributed by atoms with E-state index in [0.29, 0.717) is 16.6 Å². The molecule has 1 rings (SSSR count). The van der Waals surface area contributed by atoms with Crippen molar-refractivity contribution in [2.45, 2.75) is 19.8 Å². The van der Waals surface area contributed by atoms with Crippen LogP contribution in [-0.2, 0) is 6.42 Å². The Hall–Kier alpha value is -0.970. The second kappa shape index (κ2) is 4.32. The topological polar surface area (TPSA) is 56.0 Å². The van der Waals surface area contributed by atoms with E-state index in [2.05, 4.69) is 20.9 Å². The van der Waals surface area contributed by atoms with Crippen LogP contribution in [-0.4, -0.2) is 9.91 Å². The van der Waals surface area contributed by atoms with Crippen molar-refractivity contribution in [3.05, 3.63) is 32.5 Å². The Morgan fingerprint density at radius 2 is 2.38 bits per heavy atom. The SMILES string of the molecule is CCCc1ncc(Br)cc1[N+](=O)[O-]. The van der Waals surface area contributed by atoms with Gasteiger partial charge in [-0.3, -0.25) is 15.1 Å². The number of halogens is 1. The van der Waals surface area contributed by atoms with Gasteiger partial charge in [-0.25, -0.2) is 0 Å². The molecule has 1 heterocycles. The smallest absolute Gasteiger partial charge is 0.258 e. The normalized spacial score (nSPS) is 10.0. The largest absolute Gasteiger partial charge is 0.291 e. The van der Waals surface area contributed by atoms with Crippen LogP contribution in [0.25, 0.3) is 0 Å². The number of nitrogens with zero attached hydrogens (tertiary/aromatic N) is 2. The Balaban J connectivity index is 3.10. The Bertz CT molecular complexity index is 328. The Morgan fingerprint density at radius 1 is 1.69 bits per heavy atom. The number of aromatic nitrogens is 1. The average molecular weight is 245 g/mol. The molecule has 5 heteroatoms. The van der Waals surface area contributed by atoms with E-state index in [0.717, 1.165) is 6.42 Å². The van der Waals surface area contributed by atoms with Crippen molar-refractivity contribution in [3.8, 4) is 0 Å². The molecule has 0 bridgehead atoms. The summed E-state index contributed by atoms with van der Waals surface area (Å²) < 4.78 is 0.638. The molecule has 0 fully saturated rings. The summed E-state index contributed by atoms with van der Waals surface area (Å²) in [5, 5.41) is 10.6. The van der Waals surface area contributed by atoms with Crippen molar-refractivity contribution in [2.75, 3.05) is 0 Å². The van der Waals surface area contributed by atoms with E-state index in [1.54, 1.807) is 6.20 Å². The van der Waals surface area contributed by atoms with Gasteiger partial charge >= 0.3 is 0 Å². The van der Waals surface area contributed by atoms with Gasteiger partial charge in [-0.1, -0.05) is 13.3 Å². The number of hydrogen-bond donors (Lipinski definition) is 0. The molecule has 0 aliphatic heterocycles. The van der Waals surface area contributed by atoms with Crippen LogP contribution in [0.15, 0.2) is 16.7 Å². The summed E-state index contributed by atoms with van der Waals surface area (Å²) in [7, 11) is 0. The molecule has 0 atom stereocenters. The average Bonchev–Trinajstić information content (AvgIpc) is 2.08. The van der Waals surface area contributed by atoms with E-state index in [1.807, 2.05) is 6.92 Å². The summed E-state index contributed by atoms with van der Waals surface area (Å²) in [6.07, 6.45) is 3.08. The molecule has 0 unspecified atom stereocenters. The lowest BCUT2D eigenvalue weighted by Gasteiger charge is -1.99. The molecule has 0 spiro atoms. The van der Waals surface area contributed by atoms with Gasteiger partial charge in [-0.05, 0) is 22.4 Å². The number of hydrogen-bond acceptors (Lipinski definition) is 3. The molecular weight excluding hydrogens is 236 g/mol.